The van der Waals surface area contributed by atoms with Gasteiger partial charge in [-0.15, -0.1) is 0 Å². The quantitative estimate of drug-likeness (QED) is 0.271. The molecule has 1 fully saturated rings. The molecule has 0 amide bonds. The van der Waals surface area contributed by atoms with Crippen LogP contribution in [0.3, 0.4) is 0 Å². The molecule has 0 spiro atoms. The fourth-order valence-electron chi connectivity index (χ4n) is 4.21. The number of ether oxygens (including phenoxy) is 3. The lowest BCUT2D eigenvalue weighted by molar-refractivity contribution is 0.164. The Hall–Kier alpha value is -3.29. The average Bonchev–Trinajstić information content (AvgIpc) is 2.90. The number of benzene rings is 3. The van der Waals surface area contributed by atoms with Gasteiger partial charge in [0.25, 0.3) is 0 Å². The second-order valence-corrected chi connectivity index (χ2v) is 9.34. The van der Waals surface area contributed by atoms with Crippen molar-refractivity contribution in [1.29, 1.82) is 0 Å². The number of hydrogen-bond acceptors (Lipinski definition) is 6. The third kappa shape index (κ3) is 5.69. The first-order valence-electron chi connectivity index (χ1n) is 11.8. The lowest BCUT2D eigenvalue weighted by Gasteiger charge is -2.25. The summed E-state index contributed by atoms with van der Waals surface area (Å²) in [5, 5.41) is 7.87. The molecule has 0 aliphatic carbocycles. The predicted molar refractivity (Wildman–Crippen MR) is 143 cm³/mol. The molecule has 6 nitrogen and oxygen atoms in total. The molecule has 1 saturated heterocycles. The van der Waals surface area contributed by atoms with E-state index < -0.39 is 0 Å². The van der Waals surface area contributed by atoms with Crippen LogP contribution < -0.4 is 24.8 Å². The molecule has 0 unspecified atom stereocenters. The van der Waals surface area contributed by atoms with Crippen LogP contribution in [0, 0.1) is 0 Å². The Kier molecular flexibility index (Phi) is 7.35. The predicted octanol–water partition coefficient (Wildman–Crippen LogP) is 6.46. The topological polar surface area (TPSA) is 64.6 Å². The molecule has 7 heteroatoms. The minimum absolute atomic E-state index is 0.139. The number of nitrogens with one attached hydrogen (secondary N) is 2. The van der Waals surface area contributed by atoms with Crippen molar-refractivity contribution in [3.63, 3.8) is 0 Å². The molecule has 0 bridgehead atoms. The zero-order valence-corrected chi connectivity index (χ0v) is 21.2. The molecule has 0 atom stereocenters. The first kappa shape index (κ1) is 23.5. The molecule has 4 aromatic rings. The average molecular weight is 534 g/mol. The molecule has 5 rings (SSSR count). The van der Waals surface area contributed by atoms with Gasteiger partial charge in [-0.25, -0.2) is 0 Å². The lowest BCUT2D eigenvalue weighted by Crippen LogP contribution is -2.34. The molecule has 1 aliphatic rings. The van der Waals surface area contributed by atoms with Crippen LogP contribution in [0.15, 0.2) is 77.4 Å². The van der Waals surface area contributed by atoms with Gasteiger partial charge in [0.05, 0.1) is 29.4 Å². The van der Waals surface area contributed by atoms with Crippen LogP contribution in [0.25, 0.3) is 10.9 Å². The Morgan fingerprint density at radius 1 is 0.971 bits per heavy atom. The van der Waals surface area contributed by atoms with E-state index in [-0.39, 0.29) is 6.10 Å². The summed E-state index contributed by atoms with van der Waals surface area (Å²) < 4.78 is 19.1. The first-order valence-corrected chi connectivity index (χ1v) is 12.6. The molecule has 1 aliphatic heterocycles. The zero-order valence-electron chi connectivity index (χ0n) is 19.6. The standard InChI is InChI=1S/C28H28BrN3O3/c1-33-21-7-8-23(29)25(15-21)32-24-11-14-31-26-16-22(34-18-19-5-3-2-4-6-19)17-27(28(24)26)35-20-9-12-30-13-10-20/h2-8,11,14-17,20,30H,9-10,12-13,18H2,1H3,(H,31,32). The van der Waals surface area contributed by atoms with Gasteiger partial charge in [-0.1, -0.05) is 30.3 Å². The van der Waals surface area contributed by atoms with Gasteiger partial charge in [-0.2, -0.15) is 0 Å². The van der Waals surface area contributed by atoms with Crippen LogP contribution in [0.2, 0.25) is 0 Å². The van der Waals surface area contributed by atoms with Gasteiger partial charge in [0.2, 0.25) is 0 Å². The van der Waals surface area contributed by atoms with Crippen molar-refractivity contribution in [2.75, 3.05) is 25.5 Å². The first-order chi connectivity index (χ1) is 17.2. The van der Waals surface area contributed by atoms with Crippen molar-refractivity contribution in [2.45, 2.75) is 25.6 Å². The zero-order chi connectivity index (χ0) is 24.0. The second-order valence-electron chi connectivity index (χ2n) is 8.49. The van der Waals surface area contributed by atoms with Crippen LogP contribution in [-0.4, -0.2) is 31.3 Å². The summed E-state index contributed by atoms with van der Waals surface area (Å²) in [6, 6.07) is 21.9. The van der Waals surface area contributed by atoms with E-state index in [0.29, 0.717) is 6.61 Å². The number of piperidine rings is 1. The van der Waals surface area contributed by atoms with Crippen molar-refractivity contribution in [3.8, 4) is 17.2 Å². The van der Waals surface area contributed by atoms with E-state index in [1.807, 2.05) is 54.6 Å². The maximum Gasteiger partial charge on any atom is 0.134 e. The van der Waals surface area contributed by atoms with E-state index in [0.717, 1.165) is 75.5 Å². The van der Waals surface area contributed by atoms with Gasteiger partial charge < -0.3 is 24.8 Å². The van der Waals surface area contributed by atoms with Crippen molar-refractivity contribution in [2.24, 2.45) is 0 Å². The van der Waals surface area contributed by atoms with Gasteiger partial charge in [0, 0.05) is 28.9 Å². The monoisotopic (exact) mass is 533 g/mol. The van der Waals surface area contributed by atoms with Crippen molar-refractivity contribution < 1.29 is 14.2 Å². The Labute approximate surface area is 213 Å². The van der Waals surface area contributed by atoms with Crippen molar-refractivity contribution in [1.82, 2.24) is 10.3 Å². The molecule has 1 aromatic heterocycles. The summed E-state index contributed by atoms with van der Waals surface area (Å²) in [5.41, 5.74) is 3.72. The number of halogens is 1. The SMILES string of the molecule is COc1ccc(Br)c(Nc2ccnc3cc(OCc4ccccc4)cc(OC4CCNCC4)c23)c1. The third-order valence-electron chi connectivity index (χ3n) is 6.05. The molecule has 35 heavy (non-hydrogen) atoms. The molecule has 3 aromatic carbocycles. The van der Waals surface area contributed by atoms with E-state index in [2.05, 4.69) is 43.7 Å². The highest BCUT2D eigenvalue weighted by atomic mass is 79.9. The van der Waals surface area contributed by atoms with Gasteiger partial charge in [0.1, 0.15) is 30.0 Å². The maximum absolute atomic E-state index is 6.58. The van der Waals surface area contributed by atoms with Crippen molar-refractivity contribution in [3.05, 3.63) is 83.0 Å². The summed E-state index contributed by atoms with van der Waals surface area (Å²) in [6.07, 6.45) is 3.86. The molecule has 0 saturated carbocycles. The lowest BCUT2D eigenvalue weighted by atomic mass is 10.1. The van der Waals surface area contributed by atoms with Crippen LogP contribution >= 0.6 is 15.9 Å². The number of hydrogen-bond donors (Lipinski definition) is 2. The minimum Gasteiger partial charge on any atom is -0.497 e. The van der Waals surface area contributed by atoms with E-state index in [1.54, 1.807) is 13.3 Å². The van der Waals surface area contributed by atoms with Crippen LogP contribution in [0.5, 0.6) is 17.2 Å². The largest absolute Gasteiger partial charge is 0.497 e. The van der Waals surface area contributed by atoms with Gasteiger partial charge >= 0.3 is 0 Å². The number of nitrogens with zero attached hydrogens (tertiary/aromatic N) is 1. The summed E-state index contributed by atoms with van der Waals surface area (Å²) in [7, 11) is 1.66. The van der Waals surface area contributed by atoms with Crippen LogP contribution in [0.4, 0.5) is 11.4 Å². The molecule has 2 N–H and O–H groups in total. The highest BCUT2D eigenvalue weighted by Crippen LogP contribution is 2.39. The summed E-state index contributed by atoms with van der Waals surface area (Å²) in [5.74, 6) is 2.28. The minimum atomic E-state index is 0.139. The molecular formula is C28H28BrN3O3. The van der Waals surface area contributed by atoms with E-state index in [9.17, 15) is 0 Å². The third-order valence-corrected chi connectivity index (χ3v) is 6.74. The number of pyridine rings is 1. The number of aromatic nitrogens is 1. The molecule has 0 radical (unpaired) electrons. The van der Waals surface area contributed by atoms with E-state index in [1.165, 1.54) is 0 Å². The fraction of sp³-hybridized carbons (Fsp3) is 0.250. The van der Waals surface area contributed by atoms with Gasteiger partial charge in [-0.3, -0.25) is 4.98 Å². The second kappa shape index (κ2) is 11.0. The highest BCUT2D eigenvalue weighted by molar-refractivity contribution is 9.10. The van der Waals surface area contributed by atoms with E-state index in [4.69, 9.17) is 14.2 Å². The Balaban J connectivity index is 1.52. The summed E-state index contributed by atoms with van der Waals surface area (Å²) >= 11 is 3.64. The number of fused-ring (bicyclic) bond motifs is 1. The van der Waals surface area contributed by atoms with E-state index >= 15 is 0 Å². The Bertz CT molecular complexity index is 1290. The molecule has 180 valence electrons. The Morgan fingerprint density at radius 3 is 2.60 bits per heavy atom. The number of methoxy groups -OCH3 is 1. The molecule has 2 heterocycles. The maximum atomic E-state index is 6.58. The van der Waals surface area contributed by atoms with Crippen molar-refractivity contribution >= 4 is 38.2 Å². The van der Waals surface area contributed by atoms with Gasteiger partial charge in [-0.05, 0) is 65.6 Å². The normalized spacial score (nSPS) is 14.0. The summed E-state index contributed by atoms with van der Waals surface area (Å²) in [6.45, 7) is 2.38. The van der Waals surface area contributed by atoms with Crippen LogP contribution in [-0.2, 0) is 6.61 Å². The Morgan fingerprint density at radius 2 is 1.80 bits per heavy atom. The smallest absolute Gasteiger partial charge is 0.134 e. The summed E-state index contributed by atoms with van der Waals surface area (Å²) in [4.78, 5) is 4.66. The highest BCUT2D eigenvalue weighted by Gasteiger charge is 2.19. The number of anilines is 2. The number of rotatable bonds is 8. The fourth-order valence-corrected chi connectivity index (χ4v) is 4.56. The van der Waals surface area contributed by atoms with Crippen LogP contribution in [0.1, 0.15) is 18.4 Å². The van der Waals surface area contributed by atoms with Gasteiger partial charge in [0.15, 0.2) is 0 Å². The molecular weight excluding hydrogens is 506 g/mol.